The summed E-state index contributed by atoms with van der Waals surface area (Å²) >= 11 is 0. The SMILES string of the molecule is CC(=O)c1ccc(-c2ccccc2)cc1/C=C/c1ccccc1. The van der Waals surface area contributed by atoms with Crippen LogP contribution in [0.2, 0.25) is 0 Å². The molecular formula is C22H18O. The fourth-order valence-electron chi connectivity index (χ4n) is 2.58. The van der Waals surface area contributed by atoms with E-state index in [0.717, 1.165) is 27.8 Å². The lowest BCUT2D eigenvalue weighted by atomic mass is 9.96. The Labute approximate surface area is 136 Å². The minimum Gasteiger partial charge on any atom is -0.294 e. The molecule has 0 aliphatic heterocycles. The lowest BCUT2D eigenvalue weighted by molar-refractivity contribution is 0.101. The summed E-state index contributed by atoms with van der Waals surface area (Å²) in [4.78, 5) is 11.9. The van der Waals surface area contributed by atoms with E-state index in [4.69, 9.17) is 0 Å². The highest BCUT2D eigenvalue weighted by Crippen LogP contribution is 2.24. The van der Waals surface area contributed by atoms with Crippen molar-refractivity contribution >= 4 is 17.9 Å². The first-order valence-electron chi connectivity index (χ1n) is 7.67. The monoisotopic (exact) mass is 298 g/mol. The largest absolute Gasteiger partial charge is 0.294 e. The number of hydrogen-bond acceptors (Lipinski definition) is 1. The Balaban J connectivity index is 2.02. The normalized spacial score (nSPS) is 10.8. The van der Waals surface area contributed by atoms with Crippen LogP contribution in [0.5, 0.6) is 0 Å². The van der Waals surface area contributed by atoms with Crippen LogP contribution in [-0.2, 0) is 0 Å². The van der Waals surface area contributed by atoms with Gasteiger partial charge in [-0.15, -0.1) is 0 Å². The van der Waals surface area contributed by atoms with Crippen LogP contribution in [0, 0.1) is 0 Å². The van der Waals surface area contributed by atoms with Crippen LogP contribution in [0.25, 0.3) is 23.3 Å². The average Bonchev–Trinajstić information content (AvgIpc) is 2.61. The van der Waals surface area contributed by atoms with Crippen molar-refractivity contribution in [1.82, 2.24) is 0 Å². The molecule has 3 aromatic rings. The number of hydrogen-bond donors (Lipinski definition) is 0. The third-order valence-corrected chi connectivity index (χ3v) is 3.79. The second-order valence-electron chi connectivity index (χ2n) is 5.47. The number of benzene rings is 3. The van der Waals surface area contributed by atoms with E-state index in [9.17, 15) is 4.79 Å². The molecule has 112 valence electrons. The zero-order chi connectivity index (χ0) is 16.1. The molecule has 0 spiro atoms. The maximum Gasteiger partial charge on any atom is 0.160 e. The number of rotatable bonds is 4. The maximum absolute atomic E-state index is 11.9. The molecule has 0 atom stereocenters. The number of Topliss-reactive ketones (excluding diaryl/α,β-unsaturated/α-hetero) is 1. The first-order valence-corrected chi connectivity index (χ1v) is 7.67. The van der Waals surface area contributed by atoms with Crippen LogP contribution in [0.4, 0.5) is 0 Å². The van der Waals surface area contributed by atoms with Gasteiger partial charge in [-0.05, 0) is 35.2 Å². The van der Waals surface area contributed by atoms with E-state index < -0.39 is 0 Å². The molecule has 0 aliphatic carbocycles. The lowest BCUT2D eigenvalue weighted by Gasteiger charge is -2.07. The Morgan fingerprint density at radius 1 is 0.739 bits per heavy atom. The molecule has 0 saturated heterocycles. The summed E-state index contributed by atoms with van der Waals surface area (Å²) in [5.74, 6) is 0.0809. The summed E-state index contributed by atoms with van der Waals surface area (Å²) in [6.45, 7) is 1.61. The molecular weight excluding hydrogens is 280 g/mol. The first-order chi connectivity index (χ1) is 11.2. The fourth-order valence-corrected chi connectivity index (χ4v) is 2.58. The Kier molecular flexibility index (Phi) is 4.49. The highest BCUT2D eigenvalue weighted by molar-refractivity contribution is 5.99. The molecule has 0 bridgehead atoms. The summed E-state index contributed by atoms with van der Waals surface area (Å²) < 4.78 is 0. The number of carbonyl (C=O) groups excluding carboxylic acids is 1. The molecule has 3 aromatic carbocycles. The van der Waals surface area contributed by atoms with E-state index >= 15 is 0 Å². The molecule has 0 aromatic heterocycles. The molecule has 0 heterocycles. The van der Waals surface area contributed by atoms with Crippen LogP contribution in [0.1, 0.15) is 28.4 Å². The van der Waals surface area contributed by atoms with Gasteiger partial charge in [-0.2, -0.15) is 0 Å². The van der Waals surface area contributed by atoms with Gasteiger partial charge in [0, 0.05) is 5.56 Å². The Hall–Kier alpha value is -2.93. The summed E-state index contributed by atoms with van der Waals surface area (Å²) in [5.41, 5.74) is 5.08. The summed E-state index contributed by atoms with van der Waals surface area (Å²) in [6.07, 6.45) is 4.05. The minimum absolute atomic E-state index is 0.0809. The van der Waals surface area contributed by atoms with Crippen molar-refractivity contribution in [2.24, 2.45) is 0 Å². The smallest absolute Gasteiger partial charge is 0.160 e. The lowest BCUT2D eigenvalue weighted by Crippen LogP contribution is -1.96. The van der Waals surface area contributed by atoms with Crippen LogP contribution >= 0.6 is 0 Å². The second-order valence-corrected chi connectivity index (χ2v) is 5.47. The molecule has 0 radical (unpaired) electrons. The van der Waals surface area contributed by atoms with Gasteiger partial charge in [0.05, 0.1) is 0 Å². The van der Waals surface area contributed by atoms with Crippen molar-refractivity contribution in [3.8, 4) is 11.1 Å². The highest BCUT2D eigenvalue weighted by atomic mass is 16.1. The van der Waals surface area contributed by atoms with Gasteiger partial charge >= 0.3 is 0 Å². The minimum atomic E-state index is 0.0809. The molecule has 0 amide bonds. The summed E-state index contributed by atoms with van der Waals surface area (Å²) in [6, 6.07) is 26.3. The predicted molar refractivity (Wildman–Crippen MR) is 97.3 cm³/mol. The van der Waals surface area contributed by atoms with Crippen molar-refractivity contribution in [1.29, 1.82) is 0 Å². The molecule has 0 fully saturated rings. The zero-order valence-corrected chi connectivity index (χ0v) is 13.1. The van der Waals surface area contributed by atoms with E-state index in [-0.39, 0.29) is 5.78 Å². The van der Waals surface area contributed by atoms with Gasteiger partial charge < -0.3 is 0 Å². The van der Waals surface area contributed by atoms with Gasteiger partial charge in [0.2, 0.25) is 0 Å². The third-order valence-electron chi connectivity index (χ3n) is 3.79. The standard InChI is InChI=1S/C22H18O/c1-17(23)22-15-14-20(19-10-6-3-7-11-19)16-21(22)13-12-18-8-4-2-5-9-18/h2-16H,1H3/b13-12+. The van der Waals surface area contributed by atoms with Crippen LogP contribution in [0.3, 0.4) is 0 Å². The molecule has 0 saturated carbocycles. The third kappa shape index (κ3) is 3.64. The van der Waals surface area contributed by atoms with Gasteiger partial charge in [0.25, 0.3) is 0 Å². The van der Waals surface area contributed by atoms with E-state index in [1.54, 1.807) is 6.92 Å². The molecule has 0 unspecified atom stereocenters. The zero-order valence-electron chi connectivity index (χ0n) is 13.1. The van der Waals surface area contributed by atoms with Gasteiger partial charge in [-0.3, -0.25) is 4.79 Å². The quantitative estimate of drug-likeness (QED) is 0.444. The van der Waals surface area contributed by atoms with E-state index in [1.165, 1.54) is 0 Å². The topological polar surface area (TPSA) is 17.1 Å². The van der Waals surface area contributed by atoms with Crippen molar-refractivity contribution in [2.75, 3.05) is 0 Å². The highest BCUT2D eigenvalue weighted by Gasteiger charge is 2.07. The Bertz CT molecular complexity index is 830. The maximum atomic E-state index is 11.9. The molecule has 1 nitrogen and oxygen atoms in total. The van der Waals surface area contributed by atoms with Crippen molar-refractivity contribution in [3.05, 3.63) is 95.6 Å². The molecule has 1 heteroatoms. The average molecular weight is 298 g/mol. The van der Waals surface area contributed by atoms with Gasteiger partial charge in [0.1, 0.15) is 0 Å². The Morgan fingerprint density at radius 2 is 1.39 bits per heavy atom. The van der Waals surface area contributed by atoms with Crippen molar-refractivity contribution < 1.29 is 4.79 Å². The van der Waals surface area contributed by atoms with E-state index in [0.29, 0.717) is 0 Å². The molecule has 3 rings (SSSR count). The van der Waals surface area contributed by atoms with Crippen LogP contribution in [0.15, 0.2) is 78.9 Å². The van der Waals surface area contributed by atoms with Crippen LogP contribution < -0.4 is 0 Å². The number of ketones is 1. The first kappa shape index (κ1) is 15.0. The van der Waals surface area contributed by atoms with Gasteiger partial charge in [-0.25, -0.2) is 0 Å². The van der Waals surface area contributed by atoms with Gasteiger partial charge in [0.15, 0.2) is 5.78 Å². The fraction of sp³-hybridized carbons (Fsp3) is 0.0455. The number of carbonyl (C=O) groups is 1. The molecule has 0 aliphatic rings. The van der Waals surface area contributed by atoms with Crippen LogP contribution in [-0.4, -0.2) is 5.78 Å². The van der Waals surface area contributed by atoms with E-state index in [1.807, 2.05) is 72.8 Å². The van der Waals surface area contributed by atoms with Gasteiger partial charge in [-0.1, -0.05) is 84.9 Å². The summed E-state index contributed by atoms with van der Waals surface area (Å²) in [5, 5.41) is 0. The summed E-state index contributed by atoms with van der Waals surface area (Å²) in [7, 11) is 0. The molecule has 0 N–H and O–H groups in total. The molecule has 23 heavy (non-hydrogen) atoms. The second kappa shape index (κ2) is 6.89. The van der Waals surface area contributed by atoms with E-state index in [2.05, 4.69) is 18.2 Å². The predicted octanol–water partition coefficient (Wildman–Crippen LogP) is 5.73. The van der Waals surface area contributed by atoms with Crippen molar-refractivity contribution in [3.63, 3.8) is 0 Å². The Morgan fingerprint density at radius 3 is 2.04 bits per heavy atom. The van der Waals surface area contributed by atoms with Crippen molar-refractivity contribution in [2.45, 2.75) is 6.92 Å².